The summed E-state index contributed by atoms with van der Waals surface area (Å²) in [6.07, 6.45) is 0. The van der Waals surface area contributed by atoms with Crippen molar-refractivity contribution in [2.75, 3.05) is 26.7 Å². The molecule has 0 bridgehead atoms. The molecule has 4 heteroatoms. The maximum atomic E-state index is 8.72. The average molecular weight is 162 g/mol. The SMILES string of the molecule is CC1CN(SO)CCN1C. The topological polar surface area (TPSA) is 26.7 Å². The van der Waals surface area contributed by atoms with Crippen molar-refractivity contribution >= 4 is 12.2 Å². The first kappa shape index (κ1) is 8.33. The number of piperazine rings is 1. The Labute approximate surface area is 66.3 Å². The first-order valence-corrected chi connectivity index (χ1v) is 4.24. The Morgan fingerprint density at radius 1 is 1.50 bits per heavy atom. The van der Waals surface area contributed by atoms with Crippen LogP contribution < -0.4 is 0 Å². The zero-order valence-electron chi connectivity index (χ0n) is 6.45. The molecule has 1 saturated heterocycles. The summed E-state index contributed by atoms with van der Waals surface area (Å²) in [4.78, 5) is 2.30. The van der Waals surface area contributed by atoms with Gasteiger partial charge < -0.3 is 9.45 Å². The molecule has 1 rings (SSSR count). The highest BCUT2D eigenvalue weighted by atomic mass is 32.2. The van der Waals surface area contributed by atoms with E-state index >= 15 is 0 Å². The summed E-state index contributed by atoms with van der Waals surface area (Å²) in [5, 5.41) is 0. The maximum Gasteiger partial charge on any atom is 0.0791 e. The highest BCUT2D eigenvalue weighted by Crippen LogP contribution is 2.12. The van der Waals surface area contributed by atoms with E-state index in [0.29, 0.717) is 6.04 Å². The van der Waals surface area contributed by atoms with Crippen LogP contribution in [0.4, 0.5) is 0 Å². The number of rotatable bonds is 1. The molecule has 0 aromatic heterocycles. The lowest BCUT2D eigenvalue weighted by Crippen LogP contribution is -2.47. The van der Waals surface area contributed by atoms with Gasteiger partial charge in [0.25, 0.3) is 0 Å². The van der Waals surface area contributed by atoms with Crippen LogP contribution in [0.25, 0.3) is 0 Å². The third-order valence-corrected chi connectivity index (χ3v) is 2.60. The monoisotopic (exact) mass is 162 g/mol. The molecule has 0 aliphatic carbocycles. The summed E-state index contributed by atoms with van der Waals surface area (Å²) in [5.74, 6) is 0. The van der Waals surface area contributed by atoms with Crippen LogP contribution in [-0.2, 0) is 0 Å². The zero-order valence-corrected chi connectivity index (χ0v) is 7.27. The van der Waals surface area contributed by atoms with Gasteiger partial charge in [-0.05, 0) is 14.0 Å². The molecule has 1 aliphatic heterocycles. The van der Waals surface area contributed by atoms with Crippen molar-refractivity contribution in [2.24, 2.45) is 0 Å². The van der Waals surface area contributed by atoms with Crippen LogP contribution in [0, 0.1) is 0 Å². The van der Waals surface area contributed by atoms with Gasteiger partial charge in [0.15, 0.2) is 0 Å². The second-order valence-corrected chi connectivity index (χ2v) is 3.48. The Morgan fingerprint density at radius 2 is 2.20 bits per heavy atom. The van der Waals surface area contributed by atoms with E-state index in [9.17, 15) is 0 Å². The normalized spacial score (nSPS) is 30.9. The highest BCUT2D eigenvalue weighted by molar-refractivity contribution is 7.91. The fraction of sp³-hybridized carbons (Fsp3) is 1.00. The van der Waals surface area contributed by atoms with Crippen LogP contribution in [0.5, 0.6) is 0 Å². The molecule has 0 aromatic carbocycles. The molecule has 1 atom stereocenters. The average Bonchev–Trinajstić information content (AvgIpc) is 1.95. The summed E-state index contributed by atoms with van der Waals surface area (Å²) in [7, 11) is 2.12. The molecule has 0 saturated carbocycles. The number of hydrogen-bond donors (Lipinski definition) is 1. The molecule has 1 fully saturated rings. The smallest absolute Gasteiger partial charge is 0.0791 e. The molecule has 0 radical (unpaired) electrons. The lowest BCUT2D eigenvalue weighted by Gasteiger charge is -2.35. The van der Waals surface area contributed by atoms with E-state index in [1.54, 1.807) is 0 Å². The molecular weight excluding hydrogens is 148 g/mol. The second kappa shape index (κ2) is 3.57. The van der Waals surface area contributed by atoms with Gasteiger partial charge in [0.1, 0.15) is 0 Å². The highest BCUT2D eigenvalue weighted by Gasteiger charge is 2.20. The number of nitrogens with zero attached hydrogens (tertiary/aromatic N) is 2. The van der Waals surface area contributed by atoms with Crippen LogP contribution in [-0.4, -0.2) is 46.5 Å². The minimum absolute atomic E-state index is 0.563. The Balaban J connectivity index is 2.33. The predicted octanol–water partition coefficient (Wildman–Crippen LogP) is 0.744. The van der Waals surface area contributed by atoms with Crippen molar-refractivity contribution in [3.63, 3.8) is 0 Å². The van der Waals surface area contributed by atoms with Gasteiger partial charge in [-0.15, -0.1) is 0 Å². The van der Waals surface area contributed by atoms with Crippen LogP contribution in [0.1, 0.15) is 6.92 Å². The summed E-state index contributed by atoms with van der Waals surface area (Å²) in [6.45, 7) is 5.14. The Hall–Kier alpha value is 0.230. The maximum absolute atomic E-state index is 8.72. The van der Waals surface area contributed by atoms with E-state index in [2.05, 4.69) is 18.9 Å². The summed E-state index contributed by atoms with van der Waals surface area (Å²) >= 11 is 0.858. The largest absolute Gasteiger partial charge is 0.317 e. The summed E-state index contributed by atoms with van der Waals surface area (Å²) in [5.41, 5.74) is 0. The van der Waals surface area contributed by atoms with Gasteiger partial charge in [0.05, 0.1) is 12.2 Å². The molecule has 0 aromatic rings. The van der Waals surface area contributed by atoms with Crippen molar-refractivity contribution in [1.82, 2.24) is 9.21 Å². The second-order valence-electron chi connectivity index (χ2n) is 2.80. The van der Waals surface area contributed by atoms with Gasteiger partial charge in [-0.1, -0.05) is 0 Å². The van der Waals surface area contributed by atoms with Gasteiger partial charge in [0, 0.05) is 25.7 Å². The number of likely N-dealkylation sites (N-methyl/N-ethyl adjacent to an activating group) is 1. The minimum Gasteiger partial charge on any atom is -0.317 e. The predicted molar refractivity (Wildman–Crippen MR) is 43.9 cm³/mol. The molecule has 3 nitrogen and oxygen atoms in total. The van der Waals surface area contributed by atoms with Crippen molar-refractivity contribution in [3.8, 4) is 0 Å². The van der Waals surface area contributed by atoms with Crippen molar-refractivity contribution in [3.05, 3.63) is 0 Å². The van der Waals surface area contributed by atoms with Crippen LogP contribution in [0.3, 0.4) is 0 Å². The zero-order chi connectivity index (χ0) is 7.56. The van der Waals surface area contributed by atoms with Gasteiger partial charge in [-0.3, -0.25) is 0 Å². The van der Waals surface area contributed by atoms with Gasteiger partial charge in [-0.2, -0.15) is 0 Å². The first-order valence-electron chi connectivity index (χ1n) is 3.50. The molecule has 10 heavy (non-hydrogen) atoms. The van der Waals surface area contributed by atoms with E-state index in [-0.39, 0.29) is 0 Å². The molecule has 1 unspecified atom stereocenters. The van der Waals surface area contributed by atoms with E-state index < -0.39 is 0 Å². The molecule has 1 aliphatic rings. The lowest BCUT2D eigenvalue weighted by atomic mass is 10.2. The van der Waals surface area contributed by atoms with Crippen LogP contribution in [0.2, 0.25) is 0 Å². The molecule has 0 spiro atoms. The fourth-order valence-electron chi connectivity index (χ4n) is 1.09. The third-order valence-electron chi connectivity index (χ3n) is 2.04. The Morgan fingerprint density at radius 3 is 2.70 bits per heavy atom. The third kappa shape index (κ3) is 1.85. The molecule has 1 heterocycles. The first-order chi connectivity index (χ1) is 4.74. The van der Waals surface area contributed by atoms with E-state index in [4.69, 9.17) is 4.55 Å². The Kier molecular flexibility index (Phi) is 2.97. The number of hydrogen-bond acceptors (Lipinski definition) is 4. The minimum atomic E-state index is 0.563. The quantitative estimate of drug-likeness (QED) is 0.454. The van der Waals surface area contributed by atoms with Gasteiger partial charge in [0.2, 0.25) is 0 Å². The van der Waals surface area contributed by atoms with Gasteiger partial charge in [-0.25, -0.2) is 4.31 Å². The molecule has 60 valence electrons. The molecular formula is C6H14N2OS. The lowest BCUT2D eigenvalue weighted by molar-refractivity contribution is 0.163. The van der Waals surface area contributed by atoms with Crippen molar-refractivity contribution in [1.29, 1.82) is 0 Å². The standard InChI is InChI=1S/C6H14N2OS/c1-6-5-8(10-9)4-3-7(6)2/h6,9H,3-5H2,1-2H3. The molecule has 0 amide bonds. The summed E-state index contributed by atoms with van der Waals surface area (Å²) < 4.78 is 10.7. The van der Waals surface area contributed by atoms with Crippen molar-refractivity contribution < 1.29 is 4.55 Å². The van der Waals surface area contributed by atoms with E-state index in [1.807, 2.05) is 4.31 Å². The van der Waals surface area contributed by atoms with Crippen molar-refractivity contribution in [2.45, 2.75) is 13.0 Å². The molecule has 1 N–H and O–H groups in total. The summed E-state index contributed by atoms with van der Waals surface area (Å²) in [6, 6.07) is 0.563. The van der Waals surface area contributed by atoms with Crippen LogP contribution >= 0.6 is 12.2 Å². The Bertz CT molecular complexity index is 112. The van der Waals surface area contributed by atoms with E-state index in [0.717, 1.165) is 31.9 Å². The van der Waals surface area contributed by atoms with Crippen LogP contribution in [0.15, 0.2) is 0 Å². The van der Waals surface area contributed by atoms with E-state index in [1.165, 1.54) is 0 Å². The van der Waals surface area contributed by atoms with Gasteiger partial charge >= 0.3 is 0 Å². The fourth-order valence-corrected chi connectivity index (χ4v) is 1.53.